The lowest BCUT2D eigenvalue weighted by atomic mass is 10.2. The number of carbonyl (C=O) groups is 4. The minimum atomic E-state index is -1.02. The van der Waals surface area contributed by atoms with Crippen LogP contribution in [0.1, 0.15) is 23.0 Å². The van der Waals surface area contributed by atoms with Crippen molar-refractivity contribution in [2.24, 2.45) is 0 Å². The summed E-state index contributed by atoms with van der Waals surface area (Å²) in [5.74, 6) is -1.41. The fourth-order valence-corrected chi connectivity index (χ4v) is 4.25. The van der Waals surface area contributed by atoms with Gasteiger partial charge in [-0.05, 0) is 85.4 Å². The summed E-state index contributed by atoms with van der Waals surface area (Å²) in [6.07, 6.45) is 3.33. The van der Waals surface area contributed by atoms with Crippen LogP contribution >= 0.6 is 11.8 Å². The molecule has 9 nitrogen and oxygen atoms in total. The molecule has 1 fully saturated rings. The van der Waals surface area contributed by atoms with E-state index in [2.05, 4.69) is 5.32 Å². The van der Waals surface area contributed by atoms with Gasteiger partial charge >= 0.3 is 5.97 Å². The topological polar surface area (TPSA) is 118 Å². The predicted molar refractivity (Wildman–Crippen MR) is 132 cm³/mol. The first kappa shape index (κ1) is 23.8. The Morgan fingerprint density at radius 2 is 1.77 bits per heavy atom. The lowest BCUT2D eigenvalue weighted by Gasteiger charge is -2.13. The molecule has 1 aliphatic rings. The van der Waals surface area contributed by atoms with Crippen LogP contribution in [0.5, 0.6) is 5.75 Å². The molecule has 0 unspecified atom stereocenters. The second kappa shape index (κ2) is 10.3. The zero-order valence-electron chi connectivity index (χ0n) is 18.6. The van der Waals surface area contributed by atoms with E-state index in [0.29, 0.717) is 29.4 Å². The minimum Gasteiger partial charge on any atom is -0.494 e. The minimum absolute atomic E-state index is 0.159. The number of amides is 3. The standard InChI is InChI=1S/C25H21N3O6S/c1-2-34-20-11-7-17(8-12-20)26-22(29)15-28-23(30)21(35-25(28)33)14-19-4-3-13-27(19)18-9-5-16(6-10-18)24(31)32/h3-14H,2,15H2,1H3,(H,26,29)(H,31,32). The first-order valence-electron chi connectivity index (χ1n) is 10.6. The fourth-order valence-electron chi connectivity index (χ4n) is 3.43. The van der Waals surface area contributed by atoms with E-state index >= 15 is 0 Å². The van der Waals surface area contributed by atoms with Crippen molar-refractivity contribution in [1.29, 1.82) is 0 Å². The molecule has 178 valence electrons. The summed E-state index contributed by atoms with van der Waals surface area (Å²) in [6, 6.07) is 16.6. The quantitative estimate of drug-likeness (QED) is 0.452. The monoisotopic (exact) mass is 491 g/mol. The number of anilines is 1. The predicted octanol–water partition coefficient (Wildman–Crippen LogP) is 4.25. The number of nitrogens with zero attached hydrogens (tertiary/aromatic N) is 2. The van der Waals surface area contributed by atoms with E-state index in [-0.39, 0.29) is 10.5 Å². The Hall–Kier alpha value is -4.31. The Morgan fingerprint density at radius 3 is 2.43 bits per heavy atom. The number of hydrogen-bond donors (Lipinski definition) is 2. The van der Waals surface area contributed by atoms with Crippen LogP contribution in [0.3, 0.4) is 0 Å². The Labute approximate surface area is 205 Å². The molecule has 10 heteroatoms. The molecule has 2 N–H and O–H groups in total. The summed E-state index contributed by atoms with van der Waals surface area (Å²) in [6.45, 7) is 1.99. The maximum absolute atomic E-state index is 12.9. The molecule has 2 heterocycles. The zero-order chi connectivity index (χ0) is 24.9. The lowest BCUT2D eigenvalue weighted by molar-refractivity contribution is -0.127. The summed E-state index contributed by atoms with van der Waals surface area (Å²) in [5.41, 5.74) is 2.00. The molecule has 0 aliphatic carbocycles. The molecule has 0 spiro atoms. The van der Waals surface area contributed by atoms with Gasteiger partial charge in [-0.15, -0.1) is 0 Å². The van der Waals surface area contributed by atoms with Gasteiger partial charge in [0.25, 0.3) is 11.1 Å². The van der Waals surface area contributed by atoms with Crippen molar-refractivity contribution in [3.63, 3.8) is 0 Å². The van der Waals surface area contributed by atoms with Gasteiger partial charge in [0.15, 0.2) is 0 Å². The van der Waals surface area contributed by atoms with Crippen molar-refractivity contribution in [2.75, 3.05) is 18.5 Å². The molecule has 0 saturated carbocycles. The largest absolute Gasteiger partial charge is 0.494 e. The number of carboxylic acid groups (broad SMARTS) is 1. The number of imide groups is 1. The van der Waals surface area contributed by atoms with Crippen molar-refractivity contribution in [2.45, 2.75) is 6.92 Å². The lowest BCUT2D eigenvalue weighted by Crippen LogP contribution is -2.36. The van der Waals surface area contributed by atoms with Crippen LogP contribution in [0, 0.1) is 0 Å². The molecule has 0 radical (unpaired) electrons. The van der Waals surface area contributed by atoms with Crippen molar-refractivity contribution in [3.05, 3.63) is 83.0 Å². The van der Waals surface area contributed by atoms with Gasteiger partial charge in [-0.2, -0.15) is 0 Å². The van der Waals surface area contributed by atoms with E-state index in [0.717, 1.165) is 16.7 Å². The van der Waals surface area contributed by atoms with Crippen LogP contribution in [0.25, 0.3) is 11.8 Å². The Kier molecular flexibility index (Phi) is 7.02. The van der Waals surface area contributed by atoms with Crippen LogP contribution in [0.4, 0.5) is 10.5 Å². The maximum Gasteiger partial charge on any atom is 0.335 e. The van der Waals surface area contributed by atoms with E-state index in [1.165, 1.54) is 12.1 Å². The molecule has 35 heavy (non-hydrogen) atoms. The van der Waals surface area contributed by atoms with Crippen molar-refractivity contribution in [3.8, 4) is 11.4 Å². The molecular formula is C25H21N3O6S. The van der Waals surface area contributed by atoms with Crippen LogP contribution in [0.15, 0.2) is 71.8 Å². The molecule has 4 rings (SSSR count). The van der Waals surface area contributed by atoms with Gasteiger partial charge in [-0.25, -0.2) is 4.79 Å². The highest BCUT2D eigenvalue weighted by molar-refractivity contribution is 8.18. The fraction of sp³-hybridized carbons (Fsp3) is 0.120. The average Bonchev–Trinajstić information content (AvgIpc) is 3.40. The number of hydrogen-bond acceptors (Lipinski definition) is 6. The highest BCUT2D eigenvalue weighted by Gasteiger charge is 2.36. The number of thioether (sulfide) groups is 1. The highest BCUT2D eigenvalue weighted by Crippen LogP contribution is 2.32. The van der Waals surface area contributed by atoms with Gasteiger partial charge in [0.1, 0.15) is 12.3 Å². The van der Waals surface area contributed by atoms with E-state index in [4.69, 9.17) is 9.84 Å². The number of benzene rings is 2. The number of nitrogens with one attached hydrogen (secondary N) is 1. The molecule has 3 amide bonds. The maximum atomic E-state index is 12.9. The molecule has 1 saturated heterocycles. The third-order valence-electron chi connectivity index (χ3n) is 5.08. The number of aromatic carboxylic acids is 1. The van der Waals surface area contributed by atoms with Crippen LogP contribution in [-0.4, -0.2) is 50.7 Å². The zero-order valence-corrected chi connectivity index (χ0v) is 19.5. The molecule has 0 bridgehead atoms. The second-order valence-electron chi connectivity index (χ2n) is 7.43. The molecular weight excluding hydrogens is 470 g/mol. The van der Waals surface area contributed by atoms with Gasteiger partial charge in [-0.3, -0.25) is 19.3 Å². The molecule has 2 aromatic carbocycles. The number of ether oxygens (including phenoxy) is 1. The number of carbonyl (C=O) groups excluding carboxylic acids is 3. The van der Waals surface area contributed by atoms with Crippen molar-refractivity contribution < 1.29 is 29.0 Å². The molecule has 0 atom stereocenters. The van der Waals surface area contributed by atoms with Crippen LogP contribution in [-0.2, 0) is 9.59 Å². The summed E-state index contributed by atoms with van der Waals surface area (Å²) < 4.78 is 7.13. The average molecular weight is 492 g/mol. The van der Waals surface area contributed by atoms with Gasteiger partial charge in [0, 0.05) is 23.3 Å². The van der Waals surface area contributed by atoms with E-state index in [9.17, 15) is 19.2 Å². The summed E-state index contributed by atoms with van der Waals surface area (Å²) in [4.78, 5) is 49.9. The number of carboxylic acids is 1. The molecule has 1 aliphatic heterocycles. The number of aromatic nitrogens is 1. The summed E-state index contributed by atoms with van der Waals surface area (Å²) >= 11 is 0.757. The van der Waals surface area contributed by atoms with Gasteiger partial charge in [0.2, 0.25) is 5.91 Å². The van der Waals surface area contributed by atoms with Crippen LogP contribution in [0.2, 0.25) is 0 Å². The van der Waals surface area contributed by atoms with E-state index in [1.807, 2.05) is 6.92 Å². The molecule has 3 aromatic rings. The van der Waals surface area contributed by atoms with Crippen LogP contribution < -0.4 is 10.1 Å². The summed E-state index contributed by atoms with van der Waals surface area (Å²) in [5, 5.41) is 11.2. The Bertz CT molecular complexity index is 1310. The number of rotatable bonds is 8. The first-order chi connectivity index (χ1) is 16.9. The summed E-state index contributed by atoms with van der Waals surface area (Å²) in [7, 11) is 0. The van der Waals surface area contributed by atoms with Crippen molar-refractivity contribution >= 4 is 46.5 Å². The van der Waals surface area contributed by atoms with Gasteiger partial charge < -0.3 is 19.7 Å². The first-order valence-corrected chi connectivity index (χ1v) is 11.5. The van der Waals surface area contributed by atoms with E-state index < -0.39 is 29.6 Å². The van der Waals surface area contributed by atoms with Gasteiger partial charge in [0.05, 0.1) is 17.1 Å². The SMILES string of the molecule is CCOc1ccc(NC(=O)CN2C(=O)SC(=Cc3cccn3-c3ccc(C(=O)O)cc3)C2=O)cc1. The Balaban J connectivity index is 1.45. The second-order valence-corrected chi connectivity index (χ2v) is 8.42. The van der Waals surface area contributed by atoms with Gasteiger partial charge in [-0.1, -0.05) is 0 Å². The Morgan fingerprint density at radius 1 is 1.06 bits per heavy atom. The van der Waals surface area contributed by atoms with E-state index in [1.54, 1.807) is 65.4 Å². The third kappa shape index (κ3) is 5.44. The molecule has 1 aromatic heterocycles. The smallest absolute Gasteiger partial charge is 0.335 e. The normalized spacial score (nSPS) is 14.4. The third-order valence-corrected chi connectivity index (χ3v) is 5.98. The van der Waals surface area contributed by atoms with Crippen molar-refractivity contribution in [1.82, 2.24) is 9.47 Å². The highest BCUT2D eigenvalue weighted by atomic mass is 32.2.